The third-order valence-corrected chi connectivity index (χ3v) is 3.72. The topological polar surface area (TPSA) is 29.1 Å². The highest BCUT2D eigenvalue weighted by Gasteiger charge is 2.17. The molecule has 3 heteroatoms. The lowest BCUT2D eigenvalue weighted by Crippen LogP contribution is -2.30. The van der Waals surface area contributed by atoms with E-state index in [0.717, 1.165) is 31.4 Å². The number of amides is 1. The van der Waals surface area contributed by atoms with Gasteiger partial charge in [-0.05, 0) is 37.5 Å². The van der Waals surface area contributed by atoms with Gasteiger partial charge in [-0.25, -0.2) is 0 Å². The van der Waals surface area contributed by atoms with Gasteiger partial charge in [-0.15, -0.1) is 0 Å². The lowest BCUT2D eigenvalue weighted by atomic mass is 9.85. The van der Waals surface area contributed by atoms with Crippen LogP contribution in [0.1, 0.15) is 46.0 Å². The molecule has 0 aromatic heterocycles. The van der Waals surface area contributed by atoms with Crippen LogP contribution >= 0.6 is 22.6 Å². The van der Waals surface area contributed by atoms with E-state index in [1.165, 1.54) is 17.3 Å². The summed E-state index contributed by atoms with van der Waals surface area (Å²) in [4.78, 5) is 11.5. The SMILES string of the molecule is CC(C)(CCI)CCC=C1CCCNC1=O. The van der Waals surface area contributed by atoms with Crippen LogP contribution in [0.2, 0.25) is 0 Å². The number of halogens is 1. The summed E-state index contributed by atoms with van der Waals surface area (Å²) >= 11 is 2.43. The van der Waals surface area contributed by atoms with E-state index < -0.39 is 0 Å². The van der Waals surface area contributed by atoms with Crippen molar-refractivity contribution in [2.45, 2.75) is 46.0 Å². The zero-order chi connectivity index (χ0) is 12.0. The monoisotopic (exact) mass is 335 g/mol. The maximum Gasteiger partial charge on any atom is 0.246 e. The van der Waals surface area contributed by atoms with E-state index in [9.17, 15) is 4.79 Å². The second kappa shape index (κ2) is 6.62. The largest absolute Gasteiger partial charge is 0.352 e. The Bertz CT molecular complexity index is 271. The molecule has 0 aliphatic carbocycles. The van der Waals surface area contributed by atoms with Gasteiger partial charge in [-0.3, -0.25) is 4.79 Å². The van der Waals surface area contributed by atoms with Gasteiger partial charge in [0.2, 0.25) is 5.91 Å². The highest BCUT2D eigenvalue weighted by atomic mass is 127. The van der Waals surface area contributed by atoms with Crippen molar-refractivity contribution >= 4 is 28.5 Å². The van der Waals surface area contributed by atoms with Crippen molar-refractivity contribution in [2.75, 3.05) is 11.0 Å². The van der Waals surface area contributed by atoms with E-state index >= 15 is 0 Å². The number of allylic oxidation sites excluding steroid dienone is 1. The van der Waals surface area contributed by atoms with Gasteiger partial charge < -0.3 is 5.32 Å². The van der Waals surface area contributed by atoms with Crippen molar-refractivity contribution in [2.24, 2.45) is 5.41 Å². The summed E-state index contributed by atoms with van der Waals surface area (Å²) in [7, 11) is 0. The minimum atomic E-state index is 0.151. The van der Waals surface area contributed by atoms with Crippen molar-refractivity contribution < 1.29 is 4.79 Å². The van der Waals surface area contributed by atoms with Gasteiger partial charge in [0.15, 0.2) is 0 Å². The van der Waals surface area contributed by atoms with Gasteiger partial charge in [-0.2, -0.15) is 0 Å². The minimum Gasteiger partial charge on any atom is -0.352 e. The van der Waals surface area contributed by atoms with E-state index in [2.05, 4.69) is 47.8 Å². The van der Waals surface area contributed by atoms with Crippen LogP contribution in [0.25, 0.3) is 0 Å². The number of hydrogen-bond donors (Lipinski definition) is 1. The summed E-state index contributed by atoms with van der Waals surface area (Å²) in [5, 5.41) is 2.90. The average molecular weight is 335 g/mol. The first-order valence-corrected chi connectivity index (χ1v) is 7.61. The van der Waals surface area contributed by atoms with Crippen LogP contribution < -0.4 is 5.32 Å². The molecule has 1 aliphatic heterocycles. The zero-order valence-corrected chi connectivity index (χ0v) is 12.5. The Labute approximate surface area is 112 Å². The average Bonchev–Trinajstić information content (AvgIpc) is 2.20. The number of nitrogens with one attached hydrogen (secondary N) is 1. The van der Waals surface area contributed by atoms with Gasteiger partial charge in [0.1, 0.15) is 0 Å². The van der Waals surface area contributed by atoms with E-state index in [1.54, 1.807) is 0 Å². The maximum atomic E-state index is 11.5. The molecule has 0 bridgehead atoms. The lowest BCUT2D eigenvalue weighted by molar-refractivity contribution is -0.118. The Kier molecular flexibility index (Phi) is 5.79. The van der Waals surface area contributed by atoms with Crippen molar-refractivity contribution in [3.8, 4) is 0 Å². The standard InChI is InChI=1S/C13H22INO/c1-13(2,8-9-14)7-3-5-11-6-4-10-15-12(11)16/h5H,3-4,6-10H2,1-2H3,(H,15,16). The molecule has 0 saturated carbocycles. The minimum absolute atomic E-state index is 0.151. The van der Waals surface area contributed by atoms with Gasteiger partial charge in [-0.1, -0.05) is 42.5 Å². The molecular formula is C13H22INO. The smallest absolute Gasteiger partial charge is 0.246 e. The summed E-state index contributed by atoms with van der Waals surface area (Å²) in [5.74, 6) is 0.151. The molecule has 0 atom stereocenters. The molecule has 1 rings (SSSR count). The van der Waals surface area contributed by atoms with Crippen LogP contribution in [0.3, 0.4) is 0 Å². The van der Waals surface area contributed by atoms with E-state index in [0.29, 0.717) is 5.41 Å². The molecule has 1 saturated heterocycles. The first-order chi connectivity index (χ1) is 7.55. The van der Waals surface area contributed by atoms with E-state index in [4.69, 9.17) is 0 Å². The fourth-order valence-corrected chi connectivity index (χ4v) is 3.38. The molecule has 0 radical (unpaired) electrons. The van der Waals surface area contributed by atoms with Crippen molar-refractivity contribution in [3.05, 3.63) is 11.6 Å². The van der Waals surface area contributed by atoms with Crippen LogP contribution in [0.5, 0.6) is 0 Å². The second-order valence-corrected chi connectivity index (χ2v) is 6.31. The number of hydrogen-bond acceptors (Lipinski definition) is 1. The van der Waals surface area contributed by atoms with Crippen molar-refractivity contribution in [3.63, 3.8) is 0 Å². The fourth-order valence-electron chi connectivity index (χ4n) is 1.92. The maximum absolute atomic E-state index is 11.5. The van der Waals surface area contributed by atoms with Gasteiger partial charge in [0, 0.05) is 16.5 Å². The summed E-state index contributed by atoms with van der Waals surface area (Å²) in [5.41, 5.74) is 1.40. The molecule has 0 aromatic rings. The molecular weight excluding hydrogens is 313 g/mol. The van der Waals surface area contributed by atoms with E-state index in [1.807, 2.05) is 0 Å². The van der Waals surface area contributed by atoms with E-state index in [-0.39, 0.29) is 5.91 Å². The molecule has 0 unspecified atom stereocenters. The van der Waals surface area contributed by atoms with Crippen molar-refractivity contribution in [1.82, 2.24) is 5.32 Å². The summed E-state index contributed by atoms with van der Waals surface area (Å²) < 4.78 is 1.21. The van der Waals surface area contributed by atoms with Crippen molar-refractivity contribution in [1.29, 1.82) is 0 Å². The quantitative estimate of drug-likeness (QED) is 0.465. The molecule has 1 fully saturated rings. The number of alkyl halides is 1. The lowest BCUT2D eigenvalue weighted by Gasteiger charge is -2.23. The van der Waals surface area contributed by atoms with Crippen LogP contribution in [-0.2, 0) is 4.79 Å². The summed E-state index contributed by atoms with van der Waals surface area (Å²) in [6.45, 7) is 5.47. The van der Waals surface area contributed by atoms with Crippen LogP contribution in [-0.4, -0.2) is 16.9 Å². The summed E-state index contributed by atoms with van der Waals surface area (Å²) in [6, 6.07) is 0. The number of carbonyl (C=O) groups excluding carboxylic acids is 1. The highest BCUT2D eigenvalue weighted by Crippen LogP contribution is 2.28. The number of rotatable bonds is 5. The van der Waals surface area contributed by atoms with Gasteiger partial charge in [0.25, 0.3) is 0 Å². The second-order valence-electron chi connectivity index (χ2n) is 5.23. The molecule has 1 N–H and O–H groups in total. The fraction of sp³-hybridized carbons (Fsp3) is 0.769. The molecule has 1 heterocycles. The molecule has 0 aromatic carbocycles. The Morgan fingerprint density at radius 1 is 1.44 bits per heavy atom. The predicted octanol–water partition coefficient (Wildman–Crippen LogP) is 3.45. The molecule has 0 spiro atoms. The Hall–Kier alpha value is -0.0600. The molecule has 2 nitrogen and oxygen atoms in total. The van der Waals surface area contributed by atoms with Crippen LogP contribution in [0, 0.1) is 5.41 Å². The summed E-state index contributed by atoms with van der Waals surface area (Å²) in [6.07, 6.45) is 7.65. The first kappa shape index (κ1) is 14.0. The molecule has 92 valence electrons. The van der Waals surface area contributed by atoms with Gasteiger partial charge >= 0.3 is 0 Å². The molecule has 16 heavy (non-hydrogen) atoms. The highest BCUT2D eigenvalue weighted by molar-refractivity contribution is 14.1. The molecule has 1 aliphatic rings. The zero-order valence-electron chi connectivity index (χ0n) is 10.3. The van der Waals surface area contributed by atoms with Gasteiger partial charge in [0.05, 0.1) is 0 Å². The third-order valence-electron chi connectivity index (χ3n) is 3.18. The van der Waals surface area contributed by atoms with Crippen LogP contribution in [0.4, 0.5) is 0 Å². The third kappa shape index (κ3) is 4.85. The van der Waals surface area contributed by atoms with Crippen LogP contribution in [0.15, 0.2) is 11.6 Å². The Morgan fingerprint density at radius 2 is 2.19 bits per heavy atom. The predicted molar refractivity (Wildman–Crippen MR) is 76.8 cm³/mol. The number of carbonyl (C=O) groups is 1. The Morgan fingerprint density at radius 3 is 2.81 bits per heavy atom. The normalized spacial score (nSPS) is 19.9. The molecule has 1 amide bonds. The number of piperidine rings is 1. The first-order valence-electron chi connectivity index (χ1n) is 6.08. The Balaban J connectivity index is 2.38.